The van der Waals surface area contributed by atoms with Crippen molar-refractivity contribution in [3.8, 4) is 0 Å². The van der Waals surface area contributed by atoms with E-state index in [0.717, 1.165) is 18.9 Å². The number of carbonyl (C=O) groups is 2. The molecule has 1 aromatic rings. The second-order valence-corrected chi connectivity index (χ2v) is 3.91. The molecule has 7 nitrogen and oxygen atoms in total. The van der Waals surface area contributed by atoms with Crippen molar-refractivity contribution in [2.24, 2.45) is 0 Å². The second-order valence-electron chi connectivity index (χ2n) is 3.91. The largest absolute Gasteiger partial charge is 0.273 e. The summed E-state index contributed by atoms with van der Waals surface area (Å²) in [7, 11) is 0. The molecule has 0 atom stereocenters. The van der Waals surface area contributed by atoms with Crippen LogP contribution in [0, 0.1) is 10.1 Å². The van der Waals surface area contributed by atoms with Gasteiger partial charge in [-0.1, -0.05) is 19.4 Å². The average Bonchev–Trinajstić information content (AvgIpc) is 2.42. The fourth-order valence-corrected chi connectivity index (χ4v) is 1.36. The average molecular weight is 265 g/mol. The number of benzene rings is 1. The van der Waals surface area contributed by atoms with Gasteiger partial charge in [0.05, 0.1) is 4.92 Å². The number of carbonyl (C=O) groups excluding carboxylic acids is 2. The molecule has 1 aromatic carbocycles. The van der Waals surface area contributed by atoms with Crippen LogP contribution in [-0.4, -0.2) is 16.7 Å². The fourth-order valence-electron chi connectivity index (χ4n) is 1.36. The van der Waals surface area contributed by atoms with Crippen molar-refractivity contribution >= 4 is 17.5 Å². The summed E-state index contributed by atoms with van der Waals surface area (Å²) in [6.07, 6.45) is 1.94. The standard InChI is InChI=1S/C12H15N3O4/c1-2-3-7-11(16)13-14-12(17)9-5-4-6-10(8-9)15(18)19/h4-6,8H,2-3,7H2,1H3,(H,13,16)(H,14,17). The normalized spacial score (nSPS) is 9.74. The van der Waals surface area contributed by atoms with E-state index in [9.17, 15) is 19.7 Å². The van der Waals surface area contributed by atoms with Crippen LogP contribution >= 0.6 is 0 Å². The van der Waals surface area contributed by atoms with Gasteiger partial charge in [-0.05, 0) is 12.5 Å². The minimum atomic E-state index is -0.589. The number of nitrogens with one attached hydrogen (secondary N) is 2. The molecule has 2 N–H and O–H groups in total. The molecule has 7 heteroatoms. The Morgan fingerprint density at radius 1 is 1.32 bits per heavy atom. The maximum atomic E-state index is 11.6. The first-order chi connectivity index (χ1) is 9.04. The molecule has 0 spiro atoms. The van der Waals surface area contributed by atoms with Crippen LogP contribution in [0.25, 0.3) is 0 Å². The lowest BCUT2D eigenvalue weighted by Gasteiger charge is -2.06. The van der Waals surface area contributed by atoms with Crippen molar-refractivity contribution in [1.82, 2.24) is 10.9 Å². The van der Waals surface area contributed by atoms with Crippen LogP contribution in [0.2, 0.25) is 0 Å². The molecule has 0 aliphatic heterocycles. The first-order valence-corrected chi connectivity index (χ1v) is 5.88. The molecule has 19 heavy (non-hydrogen) atoms. The summed E-state index contributed by atoms with van der Waals surface area (Å²) in [5, 5.41) is 10.6. The Balaban J connectivity index is 2.56. The molecule has 1 rings (SSSR count). The number of rotatable bonds is 5. The summed E-state index contributed by atoms with van der Waals surface area (Å²) >= 11 is 0. The number of nitrogens with zero attached hydrogens (tertiary/aromatic N) is 1. The smallest absolute Gasteiger partial charge is 0.270 e. The van der Waals surface area contributed by atoms with Crippen LogP contribution in [-0.2, 0) is 4.79 Å². The van der Waals surface area contributed by atoms with Gasteiger partial charge in [0.25, 0.3) is 11.6 Å². The van der Waals surface area contributed by atoms with Crippen LogP contribution in [0.5, 0.6) is 0 Å². The zero-order valence-electron chi connectivity index (χ0n) is 10.5. The van der Waals surface area contributed by atoms with Gasteiger partial charge in [-0.2, -0.15) is 0 Å². The lowest BCUT2D eigenvalue weighted by Crippen LogP contribution is -2.41. The zero-order valence-corrected chi connectivity index (χ0v) is 10.5. The molecular formula is C12H15N3O4. The third-order valence-electron chi connectivity index (χ3n) is 2.39. The number of hydrazine groups is 1. The zero-order chi connectivity index (χ0) is 14.3. The predicted molar refractivity (Wildman–Crippen MR) is 68.2 cm³/mol. The van der Waals surface area contributed by atoms with Crippen LogP contribution in [0.15, 0.2) is 24.3 Å². The van der Waals surface area contributed by atoms with Gasteiger partial charge in [-0.25, -0.2) is 0 Å². The van der Waals surface area contributed by atoms with E-state index < -0.39 is 10.8 Å². The second kappa shape index (κ2) is 7.10. The van der Waals surface area contributed by atoms with Crippen molar-refractivity contribution in [1.29, 1.82) is 0 Å². The van der Waals surface area contributed by atoms with Gasteiger partial charge in [0.15, 0.2) is 0 Å². The summed E-state index contributed by atoms with van der Waals surface area (Å²) in [5.41, 5.74) is 4.41. The number of nitro groups is 1. The lowest BCUT2D eigenvalue weighted by molar-refractivity contribution is -0.384. The molecule has 0 radical (unpaired) electrons. The molecule has 102 valence electrons. The first kappa shape index (κ1) is 14.6. The number of hydrogen-bond donors (Lipinski definition) is 2. The Kier molecular flexibility index (Phi) is 5.46. The highest BCUT2D eigenvalue weighted by molar-refractivity contribution is 5.95. The van der Waals surface area contributed by atoms with Gasteiger partial charge >= 0.3 is 0 Å². The van der Waals surface area contributed by atoms with Crippen molar-refractivity contribution in [2.45, 2.75) is 26.2 Å². The molecule has 0 heterocycles. The summed E-state index contributed by atoms with van der Waals surface area (Å²) in [4.78, 5) is 32.9. The van der Waals surface area contributed by atoms with E-state index in [1.54, 1.807) is 0 Å². The van der Waals surface area contributed by atoms with E-state index in [0.29, 0.717) is 6.42 Å². The van der Waals surface area contributed by atoms with Gasteiger partial charge in [0.1, 0.15) is 0 Å². The van der Waals surface area contributed by atoms with Gasteiger partial charge < -0.3 is 0 Å². The summed E-state index contributed by atoms with van der Waals surface area (Å²) in [5.74, 6) is -0.880. The Morgan fingerprint density at radius 3 is 2.68 bits per heavy atom. The number of hydrogen-bond acceptors (Lipinski definition) is 4. The summed E-state index contributed by atoms with van der Waals surface area (Å²) in [6.45, 7) is 1.95. The van der Waals surface area contributed by atoms with Crippen molar-refractivity contribution < 1.29 is 14.5 Å². The summed E-state index contributed by atoms with van der Waals surface area (Å²) < 4.78 is 0. The van der Waals surface area contributed by atoms with Gasteiger partial charge in [0, 0.05) is 24.1 Å². The van der Waals surface area contributed by atoms with Crippen molar-refractivity contribution in [2.75, 3.05) is 0 Å². The Bertz CT molecular complexity index is 488. The highest BCUT2D eigenvalue weighted by atomic mass is 16.6. The van der Waals surface area contributed by atoms with E-state index in [-0.39, 0.29) is 17.2 Å². The number of unbranched alkanes of at least 4 members (excludes halogenated alkanes) is 1. The number of amides is 2. The minimum Gasteiger partial charge on any atom is -0.273 e. The molecule has 2 amide bonds. The number of non-ortho nitro benzene ring substituents is 1. The Hall–Kier alpha value is -2.44. The Morgan fingerprint density at radius 2 is 2.05 bits per heavy atom. The Labute approximate surface area is 110 Å². The molecule has 0 aromatic heterocycles. The van der Waals surface area contributed by atoms with Crippen LogP contribution in [0.4, 0.5) is 5.69 Å². The number of nitro benzene ring substituents is 1. The molecule has 0 bridgehead atoms. The van der Waals surface area contributed by atoms with E-state index >= 15 is 0 Å². The van der Waals surface area contributed by atoms with Gasteiger partial charge in [-0.15, -0.1) is 0 Å². The molecule has 0 aliphatic carbocycles. The molecular weight excluding hydrogens is 250 g/mol. The fraction of sp³-hybridized carbons (Fsp3) is 0.333. The molecule has 0 saturated carbocycles. The molecule has 0 aliphatic rings. The lowest BCUT2D eigenvalue weighted by atomic mass is 10.2. The minimum absolute atomic E-state index is 0.116. The monoisotopic (exact) mass is 265 g/mol. The van der Waals surface area contributed by atoms with Gasteiger partial charge in [-0.3, -0.25) is 30.6 Å². The van der Waals surface area contributed by atoms with E-state index in [1.807, 2.05) is 6.92 Å². The van der Waals surface area contributed by atoms with Crippen LogP contribution < -0.4 is 10.9 Å². The van der Waals surface area contributed by atoms with Crippen molar-refractivity contribution in [3.63, 3.8) is 0 Å². The molecule has 0 saturated heterocycles. The maximum Gasteiger partial charge on any atom is 0.270 e. The van der Waals surface area contributed by atoms with E-state index in [2.05, 4.69) is 10.9 Å². The SMILES string of the molecule is CCCCC(=O)NNC(=O)c1cccc([N+](=O)[O-])c1. The molecule has 0 unspecified atom stereocenters. The third-order valence-corrected chi connectivity index (χ3v) is 2.39. The van der Waals surface area contributed by atoms with Gasteiger partial charge in [0.2, 0.25) is 5.91 Å². The van der Waals surface area contributed by atoms with E-state index in [4.69, 9.17) is 0 Å². The maximum absolute atomic E-state index is 11.6. The highest BCUT2D eigenvalue weighted by Gasteiger charge is 2.11. The van der Waals surface area contributed by atoms with Crippen LogP contribution in [0.3, 0.4) is 0 Å². The highest BCUT2D eigenvalue weighted by Crippen LogP contribution is 2.12. The van der Waals surface area contributed by atoms with Crippen LogP contribution in [0.1, 0.15) is 36.5 Å². The van der Waals surface area contributed by atoms with E-state index in [1.165, 1.54) is 18.2 Å². The van der Waals surface area contributed by atoms with Crippen molar-refractivity contribution in [3.05, 3.63) is 39.9 Å². The molecule has 0 fully saturated rings. The summed E-state index contributed by atoms with van der Waals surface area (Å²) in [6, 6.07) is 5.27. The third kappa shape index (κ3) is 4.74. The first-order valence-electron chi connectivity index (χ1n) is 5.88. The quantitative estimate of drug-likeness (QED) is 0.622. The topological polar surface area (TPSA) is 101 Å². The predicted octanol–water partition coefficient (Wildman–Crippen LogP) is 1.55.